The molecule has 1 heteroatoms. The van der Waals surface area contributed by atoms with Crippen molar-refractivity contribution >= 4 is 0 Å². The predicted octanol–water partition coefficient (Wildman–Crippen LogP) is 3.67. The normalized spacial score (nSPS) is 10.7. The topological polar surface area (TPSA) is 3.88 Å². The zero-order chi connectivity index (χ0) is 13.3. The van der Waals surface area contributed by atoms with Gasteiger partial charge in [0.25, 0.3) is 0 Å². The third-order valence-electron chi connectivity index (χ3n) is 3.80. The smallest absolute Gasteiger partial charge is 0.201 e. The third kappa shape index (κ3) is 2.17. The number of hydrogen-bond acceptors (Lipinski definition) is 0. The van der Waals surface area contributed by atoms with Crippen LogP contribution in [0.25, 0.3) is 11.3 Å². The third-order valence-corrected chi connectivity index (χ3v) is 3.80. The first-order chi connectivity index (χ1) is 8.54. The molecule has 0 bridgehead atoms. The lowest BCUT2D eigenvalue weighted by molar-refractivity contribution is -0.660. The standard InChI is InChI=1S/C17H22N/c1-6-15-7-8-16(13(3)11-15)17-14(4)12(2)9-10-18(17)5/h7-11H,6H2,1-5H3/q+1. The lowest BCUT2D eigenvalue weighted by atomic mass is 9.96. The molecule has 0 N–H and O–H groups in total. The Labute approximate surface area is 110 Å². The van der Waals surface area contributed by atoms with E-state index in [4.69, 9.17) is 0 Å². The summed E-state index contributed by atoms with van der Waals surface area (Å²) in [5, 5.41) is 0. The molecule has 0 spiro atoms. The molecule has 1 nitrogen and oxygen atoms in total. The average molecular weight is 240 g/mol. The van der Waals surface area contributed by atoms with Crippen LogP contribution in [0.15, 0.2) is 30.5 Å². The van der Waals surface area contributed by atoms with Gasteiger partial charge in [-0.05, 0) is 49.9 Å². The summed E-state index contributed by atoms with van der Waals surface area (Å²) in [4.78, 5) is 0. The van der Waals surface area contributed by atoms with Crippen molar-refractivity contribution in [3.05, 3.63) is 52.7 Å². The van der Waals surface area contributed by atoms with Gasteiger partial charge in [-0.1, -0.05) is 19.1 Å². The van der Waals surface area contributed by atoms with Gasteiger partial charge in [-0.25, -0.2) is 4.57 Å². The fourth-order valence-electron chi connectivity index (χ4n) is 2.48. The first-order valence-electron chi connectivity index (χ1n) is 6.60. The van der Waals surface area contributed by atoms with Gasteiger partial charge >= 0.3 is 0 Å². The van der Waals surface area contributed by atoms with Crippen LogP contribution in [0, 0.1) is 20.8 Å². The Morgan fingerprint density at radius 3 is 2.33 bits per heavy atom. The molecule has 1 heterocycles. The SMILES string of the molecule is CCc1ccc(-c2c(C)c(C)cc[n+]2C)c(C)c1. The maximum absolute atomic E-state index is 2.30. The van der Waals surface area contributed by atoms with Crippen LogP contribution >= 0.6 is 0 Å². The molecular weight excluding hydrogens is 218 g/mol. The van der Waals surface area contributed by atoms with Crippen molar-refractivity contribution in [2.45, 2.75) is 34.1 Å². The summed E-state index contributed by atoms with van der Waals surface area (Å²) >= 11 is 0. The van der Waals surface area contributed by atoms with Crippen LogP contribution in [0.4, 0.5) is 0 Å². The van der Waals surface area contributed by atoms with Crippen LogP contribution in [-0.2, 0) is 13.5 Å². The Morgan fingerprint density at radius 2 is 1.72 bits per heavy atom. The Morgan fingerprint density at radius 1 is 1.00 bits per heavy atom. The quantitative estimate of drug-likeness (QED) is 0.705. The van der Waals surface area contributed by atoms with Crippen LogP contribution < -0.4 is 4.57 Å². The van der Waals surface area contributed by atoms with E-state index >= 15 is 0 Å². The maximum Gasteiger partial charge on any atom is 0.215 e. The summed E-state index contributed by atoms with van der Waals surface area (Å²) in [5.41, 5.74) is 8.16. The van der Waals surface area contributed by atoms with E-state index < -0.39 is 0 Å². The Balaban J connectivity index is 2.66. The van der Waals surface area contributed by atoms with Crippen molar-refractivity contribution in [1.29, 1.82) is 0 Å². The minimum Gasteiger partial charge on any atom is -0.201 e. The van der Waals surface area contributed by atoms with Crippen molar-refractivity contribution in [2.24, 2.45) is 7.05 Å². The first kappa shape index (κ1) is 12.8. The molecule has 0 aliphatic carbocycles. The largest absolute Gasteiger partial charge is 0.215 e. The number of nitrogens with zero attached hydrogens (tertiary/aromatic N) is 1. The van der Waals surface area contributed by atoms with Crippen molar-refractivity contribution in [1.82, 2.24) is 0 Å². The number of aromatic nitrogens is 1. The summed E-state index contributed by atoms with van der Waals surface area (Å²) in [6, 6.07) is 8.98. The number of aryl methyl sites for hydroxylation is 4. The Kier molecular flexibility index (Phi) is 3.51. The number of hydrogen-bond donors (Lipinski definition) is 0. The van der Waals surface area contributed by atoms with Gasteiger partial charge in [0.05, 0.1) is 0 Å². The molecule has 0 amide bonds. The number of benzene rings is 1. The van der Waals surface area contributed by atoms with Crippen molar-refractivity contribution in [3.8, 4) is 11.3 Å². The molecule has 0 atom stereocenters. The van der Waals surface area contributed by atoms with Gasteiger partial charge < -0.3 is 0 Å². The molecule has 1 aromatic carbocycles. The molecule has 0 fully saturated rings. The molecule has 18 heavy (non-hydrogen) atoms. The molecule has 0 aliphatic rings. The predicted molar refractivity (Wildman–Crippen MR) is 76.6 cm³/mol. The minimum absolute atomic E-state index is 1.10. The maximum atomic E-state index is 2.30. The van der Waals surface area contributed by atoms with E-state index in [-0.39, 0.29) is 0 Å². The highest BCUT2D eigenvalue weighted by Crippen LogP contribution is 2.25. The van der Waals surface area contributed by atoms with Crippen LogP contribution in [0.1, 0.15) is 29.2 Å². The Bertz CT molecular complexity index is 582. The summed E-state index contributed by atoms with van der Waals surface area (Å²) in [7, 11) is 2.12. The highest BCUT2D eigenvalue weighted by molar-refractivity contribution is 5.65. The van der Waals surface area contributed by atoms with E-state index in [2.05, 4.69) is 69.8 Å². The van der Waals surface area contributed by atoms with Crippen molar-refractivity contribution in [3.63, 3.8) is 0 Å². The zero-order valence-electron chi connectivity index (χ0n) is 12.0. The van der Waals surface area contributed by atoms with E-state index in [1.54, 1.807) is 0 Å². The molecule has 0 saturated heterocycles. The van der Waals surface area contributed by atoms with Gasteiger partial charge in [-0.2, -0.15) is 0 Å². The van der Waals surface area contributed by atoms with E-state index in [1.807, 2.05) is 0 Å². The van der Waals surface area contributed by atoms with Gasteiger partial charge in [-0.15, -0.1) is 0 Å². The van der Waals surface area contributed by atoms with Crippen LogP contribution in [0.5, 0.6) is 0 Å². The van der Waals surface area contributed by atoms with Gasteiger partial charge in [0.2, 0.25) is 5.69 Å². The van der Waals surface area contributed by atoms with Gasteiger partial charge in [-0.3, -0.25) is 0 Å². The second-order valence-electron chi connectivity index (χ2n) is 5.09. The second kappa shape index (κ2) is 4.93. The molecular formula is C17H22N+. The molecule has 0 radical (unpaired) electrons. The fraction of sp³-hybridized carbons (Fsp3) is 0.353. The monoisotopic (exact) mass is 240 g/mol. The Hall–Kier alpha value is -1.63. The van der Waals surface area contributed by atoms with Gasteiger partial charge in [0, 0.05) is 17.2 Å². The number of pyridine rings is 1. The first-order valence-corrected chi connectivity index (χ1v) is 6.60. The molecule has 1 aromatic heterocycles. The second-order valence-corrected chi connectivity index (χ2v) is 5.09. The van der Waals surface area contributed by atoms with Crippen LogP contribution in [0.3, 0.4) is 0 Å². The summed E-state index contributed by atoms with van der Waals surface area (Å²) in [6.45, 7) is 8.79. The molecule has 0 saturated carbocycles. The van der Waals surface area contributed by atoms with Gasteiger partial charge in [0.15, 0.2) is 6.20 Å². The molecule has 2 aromatic rings. The highest BCUT2D eigenvalue weighted by Gasteiger charge is 2.16. The van der Waals surface area contributed by atoms with E-state index in [1.165, 1.54) is 33.5 Å². The molecule has 0 aliphatic heterocycles. The lowest BCUT2D eigenvalue weighted by Crippen LogP contribution is -2.32. The highest BCUT2D eigenvalue weighted by atomic mass is 14.9. The van der Waals surface area contributed by atoms with Crippen molar-refractivity contribution in [2.75, 3.05) is 0 Å². The summed E-state index contributed by atoms with van der Waals surface area (Å²) < 4.78 is 2.22. The molecule has 0 unspecified atom stereocenters. The zero-order valence-corrected chi connectivity index (χ0v) is 12.0. The molecule has 2 rings (SSSR count). The average Bonchev–Trinajstić information content (AvgIpc) is 2.36. The summed E-state index contributed by atoms with van der Waals surface area (Å²) in [6.07, 6.45) is 3.24. The van der Waals surface area contributed by atoms with Crippen molar-refractivity contribution < 1.29 is 4.57 Å². The van der Waals surface area contributed by atoms with E-state index in [0.717, 1.165) is 6.42 Å². The van der Waals surface area contributed by atoms with Gasteiger partial charge in [0.1, 0.15) is 7.05 Å². The van der Waals surface area contributed by atoms with Crippen LogP contribution in [0.2, 0.25) is 0 Å². The van der Waals surface area contributed by atoms with E-state index in [0.29, 0.717) is 0 Å². The van der Waals surface area contributed by atoms with E-state index in [9.17, 15) is 0 Å². The van der Waals surface area contributed by atoms with Crippen LogP contribution in [-0.4, -0.2) is 0 Å². The number of rotatable bonds is 2. The minimum atomic E-state index is 1.10. The fourth-order valence-corrected chi connectivity index (χ4v) is 2.48. The summed E-state index contributed by atoms with van der Waals surface area (Å²) in [5.74, 6) is 0. The molecule has 94 valence electrons. The lowest BCUT2D eigenvalue weighted by Gasteiger charge is -2.10.